The molecule has 9 heteroatoms. The number of amides is 3. The van der Waals surface area contributed by atoms with Gasteiger partial charge in [-0.2, -0.15) is 5.06 Å². The zero-order valence-electron chi connectivity index (χ0n) is 15.7. The van der Waals surface area contributed by atoms with Crippen molar-refractivity contribution in [2.75, 3.05) is 19.6 Å². The Morgan fingerprint density at radius 1 is 1.21 bits per heavy atom. The van der Waals surface area contributed by atoms with Crippen LogP contribution >= 0.6 is 0 Å². The van der Waals surface area contributed by atoms with E-state index in [0.29, 0.717) is 26.1 Å². The molecule has 2 bridgehead atoms. The van der Waals surface area contributed by atoms with E-state index in [0.717, 1.165) is 31.1 Å². The number of urea groups is 1. The predicted molar refractivity (Wildman–Crippen MR) is 103 cm³/mol. The van der Waals surface area contributed by atoms with Crippen molar-refractivity contribution in [1.82, 2.24) is 20.1 Å². The zero-order valence-corrected chi connectivity index (χ0v) is 15.7. The lowest BCUT2D eigenvalue weighted by atomic mass is 9.96. The smallest absolute Gasteiger partial charge is 0.345 e. The maximum Gasteiger partial charge on any atom is 0.345 e. The van der Waals surface area contributed by atoms with Crippen LogP contribution in [0.1, 0.15) is 24.8 Å². The quantitative estimate of drug-likeness (QED) is 0.544. The van der Waals surface area contributed by atoms with Gasteiger partial charge in [0.2, 0.25) is 5.91 Å². The van der Waals surface area contributed by atoms with Gasteiger partial charge in [0.15, 0.2) is 0 Å². The van der Waals surface area contributed by atoms with Crippen molar-refractivity contribution in [1.29, 1.82) is 0 Å². The minimum absolute atomic E-state index is 0.00422. The van der Waals surface area contributed by atoms with E-state index in [1.807, 2.05) is 35.1 Å². The second kappa shape index (κ2) is 8.32. The van der Waals surface area contributed by atoms with Crippen molar-refractivity contribution in [2.45, 2.75) is 44.0 Å². The number of nitrogens with zero attached hydrogens (tertiary/aromatic N) is 3. The monoisotopic (exact) mass is 383 g/mol. The predicted octanol–water partition coefficient (Wildman–Crippen LogP) is 0.387. The molecular weight excluding hydrogens is 359 g/mol. The van der Waals surface area contributed by atoms with Crippen molar-refractivity contribution >= 4 is 25.5 Å². The van der Waals surface area contributed by atoms with Crippen molar-refractivity contribution < 1.29 is 19.2 Å². The van der Waals surface area contributed by atoms with Crippen LogP contribution in [0.3, 0.4) is 0 Å². The Bertz CT molecular complexity index is 734. The number of benzene rings is 1. The van der Waals surface area contributed by atoms with E-state index >= 15 is 0 Å². The van der Waals surface area contributed by atoms with Gasteiger partial charge in [-0.05, 0) is 31.4 Å². The van der Waals surface area contributed by atoms with Crippen LogP contribution in [0.2, 0.25) is 0 Å². The molecule has 3 amide bonds. The van der Waals surface area contributed by atoms with Gasteiger partial charge >= 0.3 is 6.03 Å². The molecule has 1 aromatic rings. The summed E-state index contributed by atoms with van der Waals surface area (Å²) in [4.78, 5) is 45.5. The third-order valence-electron chi connectivity index (χ3n) is 5.68. The summed E-state index contributed by atoms with van der Waals surface area (Å²) in [6.07, 6.45) is 2.93. The summed E-state index contributed by atoms with van der Waals surface area (Å²) in [5.41, 5.74) is 0.999. The van der Waals surface area contributed by atoms with E-state index in [9.17, 15) is 14.4 Å². The molecule has 3 fully saturated rings. The van der Waals surface area contributed by atoms with Crippen LogP contribution in [-0.2, 0) is 21.0 Å². The van der Waals surface area contributed by atoms with Crippen molar-refractivity contribution in [3.63, 3.8) is 0 Å². The van der Waals surface area contributed by atoms with Gasteiger partial charge < -0.3 is 19.8 Å². The summed E-state index contributed by atoms with van der Waals surface area (Å²) in [7, 11) is 1.50. The summed E-state index contributed by atoms with van der Waals surface area (Å²) >= 11 is 0. The first-order valence-corrected chi connectivity index (χ1v) is 9.75. The average molecular weight is 383 g/mol. The highest BCUT2D eigenvalue weighted by Gasteiger charge is 2.48. The molecular formula is C19H24BN4O4. The Hall–Kier alpha value is -2.39. The Morgan fingerprint density at radius 2 is 2.04 bits per heavy atom. The van der Waals surface area contributed by atoms with Gasteiger partial charge in [0.1, 0.15) is 12.6 Å². The number of nitrogens with one attached hydrogen (secondary N) is 1. The van der Waals surface area contributed by atoms with E-state index in [1.54, 1.807) is 4.90 Å². The Kier molecular flexibility index (Phi) is 5.63. The fourth-order valence-electron chi connectivity index (χ4n) is 4.21. The topological polar surface area (TPSA) is 82.2 Å². The van der Waals surface area contributed by atoms with Crippen molar-refractivity contribution in [2.24, 2.45) is 0 Å². The molecule has 147 valence electrons. The highest BCUT2D eigenvalue weighted by Crippen LogP contribution is 2.30. The summed E-state index contributed by atoms with van der Waals surface area (Å²) < 4.78 is 0. The maximum atomic E-state index is 12.8. The first-order valence-electron chi connectivity index (χ1n) is 9.75. The minimum atomic E-state index is -0.460. The Labute approximate surface area is 165 Å². The first kappa shape index (κ1) is 19.0. The molecule has 0 unspecified atom stereocenters. The average Bonchev–Trinajstić information content (AvgIpc) is 3.24. The zero-order chi connectivity index (χ0) is 19.5. The summed E-state index contributed by atoms with van der Waals surface area (Å²) in [5.74, 6) is -0.116. The highest BCUT2D eigenvalue weighted by atomic mass is 16.7. The molecule has 0 aliphatic carbocycles. The van der Waals surface area contributed by atoms with E-state index in [2.05, 4.69) is 5.32 Å². The second-order valence-corrected chi connectivity index (χ2v) is 7.54. The molecule has 28 heavy (non-hydrogen) atoms. The summed E-state index contributed by atoms with van der Waals surface area (Å²) in [5, 5.41) is 4.48. The number of fused-ring (bicyclic) bond motifs is 2. The lowest BCUT2D eigenvalue weighted by molar-refractivity contribution is -0.140. The number of carbonyl (C=O) groups is 3. The van der Waals surface area contributed by atoms with E-state index in [1.165, 1.54) is 12.5 Å². The van der Waals surface area contributed by atoms with E-state index in [4.69, 9.17) is 4.84 Å². The number of hydrogen-bond donors (Lipinski definition) is 1. The molecule has 3 saturated heterocycles. The Balaban J connectivity index is 1.32. The number of hydrogen-bond acceptors (Lipinski definition) is 5. The number of hydroxylamine groups is 2. The molecule has 1 radical (unpaired) electrons. The van der Waals surface area contributed by atoms with Gasteiger partial charge in [-0.1, -0.05) is 30.3 Å². The van der Waals surface area contributed by atoms with Crippen molar-refractivity contribution in [3.05, 3.63) is 35.9 Å². The third-order valence-corrected chi connectivity index (χ3v) is 5.68. The van der Waals surface area contributed by atoms with Gasteiger partial charge in [-0.25, -0.2) is 4.79 Å². The summed E-state index contributed by atoms with van der Waals surface area (Å²) in [6, 6.07) is 9.01. The third kappa shape index (κ3) is 3.90. The molecule has 3 aliphatic rings. The van der Waals surface area contributed by atoms with Gasteiger partial charge in [-0.3, -0.25) is 9.63 Å². The lowest BCUT2D eigenvalue weighted by Gasteiger charge is -2.30. The lowest BCUT2D eigenvalue weighted by Crippen LogP contribution is -2.52. The fourth-order valence-corrected chi connectivity index (χ4v) is 4.21. The molecule has 0 spiro atoms. The second-order valence-electron chi connectivity index (χ2n) is 7.54. The van der Waals surface area contributed by atoms with E-state index in [-0.39, 0.29) is 24.0 Å². The molecule has 0 saturated carbocycles. The molecule has 1 N–H and O–H groups in total. The minimum Gasteiger partial charge on any atom is -0.350 e. The van der Waals surface area contributed by atoms with E-state index < -0.39 is 6.04 Å². The van der Waals surface area contributed by atoms with Crippen LogP contribution in [0.4, 0.5) is 4.79 Å². The van der Waals surface area contributed by atoms with Gasteiger partial charge in [0.25, 0.3) is 7.41 Å². The van der Waals surface area contributed by atoms with Crippen LogP contribution in [0.5, 0.6) is 0 Å². The normalized spacial score (nSPS) is 27.1. The van der Waals surface area contributed by atoms with Crippen LogP contribution in [-0.4, -0.2) is 78.1 Å². The molecule has 3 heterocycles. The molecule has 4 rings (SSSR count). The number of rotatable bonds is 7. The Morgan fingerprint density at radius 3 is 2.82 bits per heavy atom. The van der Waals surface area contributed by atoms with Crippen LogP contribution in [0.15, 0.2) is 30.3 Å². The largest absolute Gasteiger partial charge is 0.350 e. The van der Waals surface area contributed by atoms with Gasteiger partial charge in [0, 0.05) is 19.1 Å². The first-order chi connectivity index (χ1) is 13.7. The highest BCUT2D eigenvalue weighted by molar-refractivity contribution is 6.64. The summed E-state index contributed by atoms with van der Waals surface area (Å²) in [6.45, 7) is 2.22. The van der Waals surface area contributed by atoms with Crippen LogP contribution in [0, 0.1) is 0 Å². The molecule has 3 atom stereocenters. The molecule has 8 nitrogen and oxygen atoms in total. The number of carbonyl (C=O) groups excluding carboxylic acids is 3. The van der Waals surface area contributed by atoms with Crippen molar-refractivity contribution in [3.8, 4) is 0 Å². The van der Waals surface area contributed by atoms with Gasteiger partial charge in [0.05, 0.1) is 12.2 Å². The SMILES string of the molecule is O=C[B]N1CC[C@H](NC(=O)[C@@H]2CC[C@@H]3CN2C(=O)N3OCc2ccccc2)C1. The van der Waals surface area contributed by atoms with Gasteiger partial charge in [-0.15, -0.1) is 0 Å². The molecule has 1 aromatic carbocycles. The fraction of sp³-hybridized carbons (Fsp3) is 0.526. The van der Waals surface area contributed by atoms with Crippen LogP contribution < -0.4 is 5.32 Å². The molecule has 0 aromatic heterocycles. The standard InChI is InChI=1S/C19H24BN4O4/c25-13-20-22-9-8-15(10-22)21-18(26)17-7-6-16-11-23(17)19(27)24(16)28-12-14-4-2-1-3-5-14/h1-5,13,15-17H,6-12H2,(H,21,26)/t15-,16+,17-/m0/s1. The number of piperidine rings is 1. The maximum absolute atomic E-state index is 12.8. The molecule has 3 aliphatic heterocycles. The van der Waals surface area contributed by atoms with Crippen LogP contribution in [0.25, 0.3) is 0 Å².